The van der Waals surface area contributed by atoms with Crippen LogP contribution in [0.2, 0.25) is 0 Å². The van der Waals surface area contributed by atoms with E-state index in [1.54, 1.807) is 45.0 Å². The molecule has 1 N–H and O–H groups in total. The Morgan fingerprint density at radius 2 is 1.72 bits per heavy atom. The summed E-state index contributed by atoms with van der Waals surface area (Å²) in [6, 6.07) is 16.8. The molecule has 1 amide bonds. The highest BCUT2D eigenvalue weighted by atomic mass is 16.6. The number of anilines is 2. The van der Waals surface area contributed by atoms with Crippen LogP contribution in [0.1, 0.15) is 26.3 Å². The Hall–Kier alpha value is -3.61. The highest BCUT2D eigenvalue weighted by Gasteiger charge is 2.27. The molecule has 3 aromatic rings. The Balaban J connectivity index is 1.88. The van der Waals surface area contributed by atoms with Crippen LogP contribution in [0.4, 0.5) is 16.4 Å². The van der Waals surface area contributed by atoms with Crippen LogP contribution in [0.15, 0.2) is 67.0 Å². The highest BCUT2D eigenvalue weighted by Crippen LogP contribution is 2.29. The van der Waals surface area contributed by atoms with Gasteiger partial charge in [0.1, 0.15) is 18.0 Å². The summed E-state index contributed by atoms with van der Waals surface area (Å²) in [6.07, 6.45) is 1.80. The van der Waals surface area contributed by atoms with E-state index in [1.807, 2.05) is 30.3 Å². The molecule has 7 heteroatoms. The molecule has 0 spiro atoms. The average molecular weight is 393 g/mol. The van der Waals surface area contributed by atoms with Gasteiger partial charge in [0, 0.05) is 6.07 Å². The zero-order chi connectivity index (χ0) is 20.9. The molecule has 3 rings (SSSR count). The number of ether oxygens (including phenoxy) is 2. The van der Waals surface area contributed by atoms with Crippen LogP contribution in [0.25, 0.3) is 0 Å². The highest BCUT2D eigenvalue weighted by molar-refractivity contribution is 5.94. The fourth-order valence-electron chi connectivity index (χ4n) is 2.49. The summed E-state index contributed by atoms with van der Waals surface area (Å²) in [5, 5.41) is 9.48. The number of hydrogen-bond donors (Lipinski definition) is 1. The Kier molecular flexibility index (Phi) is 5.97. The Labute approximate surface area is 169 Å². The third kappa shape index (κ3) is 5.68. The molecule has 0 aliphatic carbocycles. The normalized spacial score (nSPS) is 11.0. The van der Waals surface area contributed by atoms with E-state index in [1.165, 1.54) is 17.3 Å². The summed E-state index contributed by atoms with van der Waals surface area (Å²) in [7, 11) is 0. The fourth-order valence-corrected chi connectivity index (χ4v) is 2.49. The van der Waals surface area contributed by atoms with Crippen LogP contribution >= 0.6 is 0 Å². The number of carbonyl (C=O) groups is 1. The molecule has 0 fully saturated rings. The molecule has 2 aromatic carbocycles. The topological polar surface area (TPSA) is 84.8 Å². The van der Waals surface area contributed by atoms with Crippen molar-refractivity contribution in [3.8, 4) is 11.5 Å². The second kappa shape index (κ2) is 8.60. The maximum Gasteiger partial charge on any atom is 0.421 e. The quantitative estimate of drug-likeness (QED) is 0.668. The minimum absolute atomic E-state index is 0.0808. The molecule has 0 radical (unpaired) electrons. The van der Waals surface area contributed by atoms with Gasteiger partial charge in [-0.25, -0.2) is 19.7 Å². The Bertz CT molecular complexity index is 954. The standard InChI is InChI=1S/C22H23N3O4/c1-22(2,3)29-21(27)25(20-23-13-18(26)14-24-20)17-10-7-11-19(12-17)28-15-16-8-5-4-6-9-16/h4-14,26H,15H2,1-3H3. The number of rotatable bonds is 5. The van der Waals surface area contributed by atoms with Crippen LogP contribution in [0.5, 0.6) is 11.5 Å². The van der Waals surface area contributed by atoms with Crippen LogP contribution in [0, 0.1) is 0 Å². The fraction of sp³-hybridized carbons (Fsp3) is 0.227. The zero-order valence-corrected chi connectivity index (χ0v) is 16.6. The van der Waals surface area contributed by atoms with Gasteiger partial charge in [-0.05, 0) is 38.5 Å². The molecule has 0 aliphatic heterocycles. The van der Waals surface area contributed by atoms with Gasteiger partial charge in [-0.3, -0.25) is 0 Å². The van der Waals surface area contributed by atoms with Crippen molar-refractivity contribution in [2.24, 2.45) is 0 Å². The largest absolute Gasteiger partial charge is 0.505 e. The molecule has 0 saturated heterocycles. The van der Waals surface area contributed by atoms with Crippen LogP contribution < -0.4 is 9.64 Å². The zero-order valence-electron chi connectivity index (χ0n) is 16.6. The summed E-state index contributed by atoms with van der Waals surface area (Å²) < 4.78 is 11.4. The number of amides is 1. The van der Waals surface area contributed by atoms with Crippen molar-refractivity contribution in [2.45, 2.75) is 33.0 Å². The summed E-state index contributed by atoms with van der Waals surface area (Å²) >= 11 is 0. The van der Waals surface area contributed by atoms with Crippen molar-refractivity contribution in [2.75, 3.05) is 4.90 Å². The molecule has 7 nitrogen and oxygen atoms in total. The predicted molar refractivity (Wildman–Crippen MR) is 109 cm³/mol. The number of aromatic nitrogens is 2. The smallest absolute Gasteiger partial charge is 0.421 e. The lowest BCUT2D eigenvalue weighted by atomic mass is 10.2. The van der Waals surface area contributed by atoms with Crippen molar-refractivity contribution < 1.29 is 19.4 Å². The van der Waals surface area contributed by atoms with Gasteiger partial charge in [0.2, 0.25) is 5.95 Å². The summed E-state index contributed by atoms with van der Waals surface area (Å²) in [5.41, 5.74) is 0.812. The Morgan fingerprint density at radius 3 is 2.38 bits per heavy atom. The van der Waals surface area contributed by atoms with Crippen molar-refractivity contribution in [3.05, 3.63) is 72.6 Å². The van der Waals surface area contributed by atoms with Gasteiger partial charge in [-0.15, -0.1) is 0 Å². The van der Waals surface area contributed by atoms with E-state index < -0.39 is 11.7 Å². The number of aromatic hydroxyl groups is 1. The molecule has 29 heavy (non-hydrogen) atoms. The van der Waals surface area contributed by atoms with Crippen LogP contribution in [-0.4, -0.2) is 26.8 Å². The number of benzene rings is 2. The van der Waals surface area contributed by atoms with Crippen LogP contribution in [-0.2, 0) is 11.3 Å². The molecule has 0 saturated carbocycles. The first-order valence-corrected chi connectivity index (χ1v) is 9.13. The van der Waals surface area contributed by atoms with E-state index in [9.17, 15) is 9.90 Å². The van der Waals surface area contributed by atoms with Gasteiger partial charge in [0.05, 0.1) is 18.1 Å². The molecular formula is C22H23N3O4. The minimum Gasteiger partial charge on any atom is -0.505 e. The lowest BCUT2D eigenvalue weighted by Crippen LogP contribution is -2.34. The number of hydrogen-bond acceptors (Lipinski definition) is 6. The average Bonchev–Trinajstić information content (AvgIpc) is 2.68. The Morgan fingerprint density at radius 1 is 1.03 bits per heavy atom. The van der Waals surface area contributed by atoms with E-state index in [0.717, 1.165) is 5.56 Å². The first kappa shape index (κ1) is 20.1. The molecule has 0 unspecified atom stereocenters. The summed E-state index contributed by atoms with van der Waals surface area (Å²) in [6.45, 7) is 5.73. The predicted octanol–water partition coefficient (Wildman–Crippen LogP) is 4.83. The first-order chi connectivity index (χ1) is 13.8. The molecule has 1 aromatic heterocycles. The van der Waals surface area contributed by atoms with Gasteiger partial charge in [0.15, 0.2) is 5.75 Å². The van der Waals surface area contributed by atoms with E-state index in [4.69, 9.17) is 9.47 Å². The van der Waals surface area contributed by atoms with E-state index >= 15 is 0 Å². The van der Waals surface area contributed by atoms with Gasteiger partial charge >= 0.3 is 6.09 Å². The second-order valence-electron chi connectivity index (χ2n) is 7.33. The third-order valence-electron chi connectivity index (χ3n) is 3.72. The van der Waals surface area contributed by atoms with E-state index in [0.29, 0.717) is 18.0 Å². The first-order valence-electron chi connectivity index (χ1n) is 9.13. The molecule has 1 heterocycles. The molecular weight excluding hydrogens is 370 g/mol. The lowest BCUT2D eigenvalue weighted by molar-refractivity contribution is 0.0597. The van der Waals surface area contributed by atoms with Crippen molar-refractivity contribution >= 4 is 17.7 Å². The monoisotopic (exact) mass is 393 g/mol. The SMILES string of the molecule is CC(C)(C)OC(=O)N(c1cccc(OCc2ccccc2)c1)c1ncc(O)cn1. The minimum atomic E-state index is -0.701. The maximum atomic E-state index is 12.9. The molecule has 0 atom stereocenters. The molecule has 150 valence electrons. The molecule has 0 aliphatic rings. The third-order valence-corrected chi connectivity index (χ3v) is 3.72. The van der Waals surface area contributed by atoms with Gasteiger partial charge in [-0.1, -0.05) is 36.4 Å². The number of carbonyl (C=O) groups excluding carboxylic acids is 1. The number of nitrogens with zero attached hydrogens (tertiary/aromatic N) is 3. The second-order valence-corrected chi connectivity index (χ2v) is 7.33. The van der Waals surface area contributed by atoms with Gasteiger partial charge < -0.3 is 14.6 Å². The van der Waals surface area contributed by atoms with Crippen molar-refractivity contribution in [3.63, 3.8) is 0 Å². The van der Waals surface area contributed by atoms with Gasteiger partial charge in [0.25, 0.3) is 0 Å². The maximum absolute atomic E-state index is 12.9. The van der Waals surface area contributed by atoms with Crippen molar-refractivity contribution in [1.82, 2.24) is 9.97 Å². The lowest BCUT2D eigenvalue weighted by Gasteiger charge is -2.26. The van der Waals surface area contributed by atoms with E-state index in [2.05, 4.69) is 9.97 Å². The van der Waals surface area contributed by atoms with Crippen LogP contribution in [0.3, 0.4) is 0 Å². The van der Waals surface area contributed by atoms with Crippen molar-refractivity contribution in [1.29, 1.82) is 0 Å². The molecule has 0 bridgehead atoms. The summed E-state index contributed by atoms with van der Waals surface area (Å²) in [5.74, 6) is 0.564. The van der Waals surface area contributed by atoms with E-state index in [-0.39, 0.29) is 11.7 Å². The summed E-state index contributed by atoms with van der Waals surface area (Å²) in [4.78, 5) is 22.2. The van der Waals surface area contributed by atoms with Gasteiger partial charge in [-0.2, -0.15) is 0 Å².